The van der Waals surface area contributed by atoms with E-state index in [2.05, 4.69) is 5.32 Å². The largest absolute Gasteiger partial charge is 0.496 e. The molecule has 1 aromatic rings. The Morgan fingerprint density at radius 2 is 2.31 bits per heavy atom. The second kappa shape index (κ2) is 5.90. The summed E-state index contributed by atoms with van der Waals surface area (Å²) in [6.07, 6.45) is 3.26. The number of rotatable bonds is 4. The lowest BCUT2D eigenvalue weighted by Gasteiger charge is -2.05. The summed E-state index contributed by atoms with van der Waals surface area (Å²) >= 11 is 0. The molecule has 86 valence electrons. The van der Waals surface area contributed by atoms with Gasteiger partial charge in [-0.1, -0.05) is 18.2 Å². The van der Waals surface area contributed by atoms with Crippen LogP contribution in [0.25, 0.3) is 6.08 Å². The van der Waals surface area contributed by atoms with Gasteiger partial charge in [0.2, 0.25) is 5.91 Å². The first-order chi connectivity index (χ1) is 7.65. The summed E-state index contributed by atoms with van der Waals surface area (Å²) in [6.45, 7) is 1.80. The van der Waals surface area contributed by atoms with E-state index in [9.17, 15) is 9.18 Å². The molecule has 0 unspecified atom stereocenters. The van der Waals surface area contributed by atoms with Gasteiger partial charge in [-0.2, -0.15) is 0 Å². The van der Waals surface area contributed by atoms with Crippen molar-refractivity contribution in [2.24, 2.45) is 0 Å². The van der Waals surface area contributed by atoms with E-state index in [0.717, 1.165) is 0 Å². The van der Waals surface area contributed by atoms with Gasteiger partial charge in [0, 0.05) is 13.5 Å². The van der Waals surface area contributed by atoms with E-state index < -0.39 is 0 Å². The number of benzene rings is 1. The first-order valence-electron chi connectivity index (χ1n) is 4.88. The molecule has 0 aliphatic carbocycles. The third-order valence-electron chi connectivity index (χ3n) is 1.99. The smallest absolute Gasteiger partial charge is 0.217 e. The van der Waals surface area contributed by atoms with Crippen LogP contribution in [0.4, 0.5) is 4.39 Å². The maximum absolute atomic E-state index is 13.4. The molecule has 1 aromatic carbocycles. The molecule has 16 heavy (non-hydrogen) atoms. The zero-order valence-corrected chi connectivity index (χ0v) is 9.29. The highest BCUT2D eigenvalue weighted by Crippen LogP contribution is 2.22. The Labute approximate surface area is 93.9 Å². The van der Waals surface area contributed by atoms with Crippen LogP contribution in [0, 0.1) is 5.82 Å². The topological polar surface area (TPSA) is 38.3 Å². The monoisotopic (exact) mass is 223 g/mol. The lowest BCUT2D eigenvalue weighted by Crippen LogP contribution is -2.19. The molecular formula is C12H14FNO2. The van der Waals surface area contributed by atoms with E-state index in [4.69, 9.17) is 4.74 Å². The summed E-state index contributed by atoms with van der Waals surface area (Å²) in [5.74, 6) is 0.00245. The third kappa shape index (κ3) is 3.38. The summed E-state index contributed by atoms with van der Waals surface area (Å²) in [7, 11) is 1.49. The van der Waals surface area contributed by atoms with Gasteiger partial charge < -0.3 is 10.1 Å². The number of carbonyl (C=O) groups is 1. The highest BCUT2D eigenvalue weighted by molar-refractivity contribution is 5.73. The van der Waals surface area contributed by atoms with E-state index in [1.165, 1.54) is 20.1 Å². The van der Waals surface area contributed by atoms with Gasteiger partial charge in [0.05, 0.1) is 12.7 Å². The molecule has 1 rings (SSSR count). The van der Waals surface area contributed by atoms with Crippen molar-refractivity contribution in [2.45, 2.75) is 6.92 Å². The molecule has 0 saturated heterocycles. The quantitative estimate of drug-likeness (QED) is 0.847. The van der Waals surface area contributed by atoms with Gasteiger partial charge in [0.1, 0.15) is 11.6 Å². The maximum Gasteiger partial charge on any atom is 0.217 e. The normalized spacial score (nSPS) is 10.4. The lowest BCUT2D eigenvalue weighted by molar-refractivity contribution is -0.118. The third-order valence-corrected chi connectivity index (χ3v) is 1.99. The number of hydrogen-bond acceptors (Lipinski definition) is 2. The van der Waals surface area contributed by atoms with E-state index in [1.807, 2.05) is 0 Å². The van der Waals surface area contributed by atoms with Crippen LogP contribution in [0.5, 0.6) is 5.75 Å². The van der Waals surface area contributed by atoms with Crippen LogP contribution < -0.4 is 10.1 Å². The van der Waals surface area contributed by atoms with Gasteiger partial charge >= 0.3 is 0 Å². The summed E-state index contributed by atoms with van der Waals surface area (Å²) < 4.78 is 18.4. The fourth-order valence-corrected chi connectivity index (χ4v) is 1.24. The Morgan fingerprint density at radius 3 is 2.94 bits per heavy atom. The van der Waals surface area contributed by atoms with Gasteiger partial charge in [-0.05, 0) is 12.1 Å². The molecule has 0 aliphatic heterocycles. The fraction of sp³-hybridized carbons (Fsp3) is 0.250. The first kappa shape index (κ1) is 12.2. The Balaban J connectivity index is 2.75. The van der Waals surface area contributed by atoms with Crippen LogP contribution in [0.1, 0.15) is 12.5 Å². The Kier molecular flexibility index (Phi) is 4.51. The van der Waals surface area contributed by atoms with Gasteiger partial charge in [0.15, 0.2) is 0 Å². The molecular weight excluding hydrogens is 209 g/mol. The first-order valence-corrected chi connectivity index (χ1v) is 4.88. The molecule has 0 aliphatic rings. The molecule has 1 amide bonds. The molecule has 3 nitrogen and oxygen atoms in total. The number of ether oxygens (including phenoxy) is 1. The predicted molar refractivity (Wildman–Crippen MR) is 60.7 cm³/mol. The maximum atomic E-state index is 13.4. The minimum atomic E-state index is -0.349. The lowest BCUT2D eigenvalue weighted by atomic mass is 10.1. The van der Waals surface area contributed by atoms with Gasteiger partial charge in [-0.25, -0.2) is 4.39 Å². The second-order valence-corrected chi connectivity index (χ2v) is 3.20. The van der Waals surface area contributed by atoms with Crippen LogP contribution in [0.3, 0.4) is 0 Å². The van der Waals surface area contributed by atoms with Crippen molar-refractivity contribution in [3.05, 3.63) is 35.7 Å². The zero-order valence-electron chi connectivity index (χ0n) is 9.29. The van der Waals surface area contributed by atoms with Crippen molar-refractivity contribution in [3.63, 3.8) is 0 Å². The molecule has 0 aromatic heterocycles. The van der Waals surface area contributed by atoms with Crippen LogP contribution in [0.15, 0.2) is 24.3 Å². The molecule has 0 spiro atoms. The van der Waals surface area contributed by atoms with Crippen LogP contribution >= 0.6 is 0 Å². The van der Waals surface area contributed by atoms with Gasteiger partial charge in [-0.3, -0.25) is 4.79 Å². The summed E-state index contributed by atoms with van der Waals surface area (Å²) in [4.78, 5) is 10.6. The van der Waals surface area contributed by atoms with E-state index in [0.29, 0.717) is 17.9 Å². The number of amides is 1. The van der Waals surface area contributed by atoms with Crippen molar-refractivity contribution < 1.29 is 13.9 Å². The van der Waals surface area contributed by atoms with Crippen molar-refractivity contribution in [1.29, 1.82) is 0 Å². The van der Waals surface area contributed by atoms with Crippen LogP contribution in [0.2, 0.25) is 0 Å². The van der Waals surface area contributed by atoms with Crippen molar-refractivity contribution in [1.82, 2.24) is 5.32 Å². The Morgan fingerprint density at radius 1 is 1.56 bits per heavy atom. The van der Waals surface area contributed by atoms with Crippen LogP contribution in [-0.4, -0.2) is 19.6 Å². The SMILES string of the molecule is COc1cccc(F)c1C=CCNC(C)=O. The average molecular weight is 223 g/mol. The van der Waals surface area contributed by atoms with Gasteiger partial charge in [0.25, 0.3) is 0 Å². The zero-order chi connectivity index (χ0) is 12.0. The Bertz CT molecular complexity index is 402. The summed E-state index contributed by atoms with van der Waals surface area (Å²) in [5.41, 5.74) is 0.385. The molecule has 0 heterocycles. The molecule has 0 saturated carbocycles. The van der Waals surface area contributed by atoms with Crippen molar-refractivity contribution in [2.75, 3.05) is 13.7 Å². The van der Waals surface area contributed by atoms with Crippen LogP contribution in [-0.2, 0) is 4.79 Å². The second-order valence-electron chi connectivity index (χ2n) is 3.20. The predicted octanol–water partition coefficient (Wildman–Crippen LogP) is 1.98. The van der Waals surface area contributed by atoms with E-state index in [1.54, 1.807) is 24.3 Å². The molecule has 0 fully saturated rings. The number of methoxy groups -OCH3 is 1. The standard InChI is InChI=1S/C12H14FNO2/c1-9(15)14-8-4-5-10-11(13)6-3-7-12(10)16-2/h3-7H,8H2,1-2H3,(H,14,15). The minimum absolute atomic E-state index is 0.120. The molecule has 4 heteroatoms. The number of halogens is 1. The molecule has 0 bridgehead atoms. The van der Waals surface area contributed by atoms with Gasteiger partial charge in [-0.15, -0.1) is 0 Å². The van der Waals surface area contributed by atoms with Crippen molar-refractivity contribution in [3.8, 4) is 5.75 Å². The highest BCUT2D eigenvalue weighted by Gasteiger charge is 2.04. The number of nitrogens with one attached hydrogen (secondary N) is 1. The molecule has 0 radical (unpaired) electrons. The van der Waals surface area contributed by atoms with Crippen molar-refractivity contribution >= 4 is 12.0 Å². The number of hydrogen-bond donors (Lipinski definition) is 1. The minimum Gasteiger partial charge on any atom is -0.496 e. The fourth-order valence-electron chi connectivity index (χ4n) is 1.24. The summed E-state index contributed by atoms with van der Waals surface area (Å²) in [6, 6.07) is 4.63. The van der Waals surface area contributed by atoms with E-state index >= 15 is 0 Å². The Hall–Kier alpha value is -1.84. The summed E-state index contributed by atoms with van der Waals surface area (Å²) in [5, 5.41) is 2.58. The van der Waals surface area contributed by atoms with E-state index in [-0.39, 0.29) is 11.7 Å². The number of carbonyl (C=O) groups excluding carboxylic acids is 1. The molecule has 1 N–H and O–H groups in total. The average Bonchev–Trinajstić information content (AvgIpc) is 2.25. The highest BCUT2D eigenvalue weighted by atomic mass is 19.1. The molecule has 0 atom stereocenters.